The van der Waals surface area contributed by atoms with Gasteiger partial charge < -0.3 is 15.2 Å². The number of hydrogen-bond donors (Lipinski definition) is 2. The number of nitrogens with one attached hydrogen (secondary N) is 2. The highest BCUT2D eigenvalue weighted by Crippen LogP contribution is 2.43. The molecule has 0 saturated heterocycles. The molecule has 4 rings (SSSR count). The minimum Gasteiger partial charge on any atom is -0.357 e. The third-order valence-electron chi connectivity index (χ3n) is 6.41. The second-order valence-electron chi connectivity index (χ2n) is 8.37. The Hall–Kier alpha value is -2.37. The maximum Gasteiger partial charge on any atom is 0.191 e. The molecule has 2 aromatic rings. The Morgan fingerprint density at radius 1 is 1.07 bits per heavy atom. The summed E-state index contributed by atoms with van der Waals surface area (Å²) in [5.41, 5.74) is 1.64. The molecule has 0 spiro atoms. The van der Waals surface area contributed by atoms with E-state index in [1.165, 1.54) is 44.1 Å². The van der Waals surface area contributed by atoms with E-state index in [1.807, 2.05) is 0 Å². The molecule has 0 radical (unpaired) electrons. The van der Waals surface area contributed by atoms with Crippen molar-refractivity contribution < 1.29 is 0 Å². The summed E-state index contributed by atoms with van der Waals surface area (Å²) in [5, 5.41) is 15.8. The molecule has 0 atom stereocenters. The molecule has 0 bridgehead atoms. The molecule has 2 N–H and O–H groups in total. The van der Waals surface area contributed by atoms with E-state index >= 15 is 0 Å². The highest BCUT2D eigenvalue weighted by molar-refractivity contribution is 5.79. The van der Waals surface area contributed by atoms with Crippen LogP contribution in [0.1, 0.15) is 62.7 Å². The van der Waals surface area contributed by atoms with E-state index in [4.69, 9.17) is 4.99 Å². The second kappa shape index (κ2) is 9.42. The van der Waals surface area contributed by atoms with E-state index in [-0.39, 0.29) is 5.41 Å². The van der Waals surface area contributed by atoms with Crippen LogP contribution in [0.5, 0.6) is 0 Å². The summed E-state index contributed by atoms with van der Waals surface area (Å²) in [6.45, 7) is 5.71. The smallest absolute Gasteiger partial charge is 0.191 e. The number of aliphatic imine (C=N–C) groups is 1. The van der Waals surface area contributed by atoms with Gasteiger partial charge in [-0.25, -0.2) is 0 Å². The van der Waals surface area contributed by atoms with Crippen molar-refractivity contribution in [3.8, 4) is 0 Å². The van der Waals surface area contributed by atoms with Gasteiger partial charge in [0.05, 0.1) is 6.54 Å². The maximum absolute atomic E-state index is 4.96. The normalized spacial score (nSPS) is 18.4. The van der Waals surface area contributed by atoms with Crippen LogP contribution in [0, 0.1) is 0 Å². The Morgan fingerprint density at radius 3 is 2.69 bits per heavy atom. The third kappa shape index (κ3) is 4.62. The molecule has 6 nitrogen and oxygen atoms in total. The van der Waals surface area contributed by atoms with E-state index in [0.717, 1.165) is 56.6 Å². The van der Waals surface area contributed by atoms with Crippen molar-refractivity contribution >= 4 is 5.96 Å². The van der Waals surface area contributed by atoms with Gasteiger partial charge in [-0.2, -0.15) is 0 Å². The summed E-state index contributed by atoms with van der Waals surface area (Å²) < 4.78 is 2.33. The lowest BCUT2D eigenvalue weighted by molar-refractivity contribution is 0.253. The van der Waals surface area contributed by atoms with Crippen LogP contribution in [-0.2, 0) is 24.8 Å². The predicted octanol–water partition coefficient (Wildman–Crippen LogP) is 3.22. The number of fused-ring (bicyclic) bond motifs is 1. The first-order valence-electron chi connectivity index (χ1n) is 11.3. The fraction of sp³-hybridized carbons (Fsp3) is 0.609. The zero-order valence-corrected chi connectivity index (χ0v) is 17.7. The zero-order valence-electron chi connectivity index (χ0n) is 17.7. The van der Waals surface area contributed by atoms with E-state index < -0.39 is 0 Å². The SMILES string of the molecule is CCNC(=NCC1(c2ccccc2)CCC1)NCCc1nnc2n1CCCCC2. The van der Waals surface area contributed by atoms with Crippen LogP contribution in [0.2, 0.25) is 0 Å². The average molecular weight is 395 g/mol. The van der Waals surface area contributed by atoms with Gasteiger partial charge in [0.25, 0.3) is 0 Å². The van der Waals surface area contributed by atoms with Crippen molar-refractivity contribution in [3.63, 3.8) is 0 Å². The van der Waals surface area contributed by atoms with Crippen LogP contribution in [-0.4, -0.2) is 40.4 Å². The Labute approximate surface area is 174 Å². The lowest BCUT2D eigenvalue weighted by Crippen LogP contribution is -2.42. The largest absolute Gasteiger partial charge is 0.357 e. The van der Waals surface area contributed by atoms with Crippen molar-refractivity contribution in [1.82, 2.24) is 25.4 Å². The second-order valence-corrected chi connectivity index (χ2v) is 8.37. The molecule has 2 aliphatic rings. The fourth-order valence-corrected chi connectivity index (χ4v) is 4.53. The number of hydrogen-bond acceptors (Lipinski definition) is 3. The standard InChI is InChI=1S/C23H34N6/c1-2-24-22(26-18-23(14-9-15-23)19-10-5-3-6-11-19)25-16-13-21-28-27-20-12-7-4-8-17-29(20)21/h3,5-6,10-11H,2,4,7-9,12-18H2,1H3,(H2,24,25,26). The first-order valence-corrected chi connectivity index (χ1v) is 11.3. The maximum atomic E-state index is 4.96. The van der Waals surface area contributed by atoms with Gasteiger partial charge >= 0.3 is 0 Å². The van der Waals surface area contributed by atoms with Gasteiger partial charge in [0.15, 0.2) is 5.96 Å². The molecule has 1 fully saturated rings. The van der Waals surface area contributed by atoms with Crippen LogP contribution in [0.15, 0.2) is 35.3 Å². The van der Waals surface area contributed by atoms with Gasteiger partial charge in [-0.05, 0) is 38.2 Å². The number of aromatic nitrogens is 3. The van der Waals surface area contributed by atoms with Crippen LogP contribution in [0.25, 0.3) is 0 Å². The predicted molar refractivity (Wildman–Crippen MR) is 117 cm³/mol. The molecule has 0 unspecified atom stereocenters. The Balaban J connectivity index is 1.36. The highest BCUT2D eigenvalue weighted by Gasteiger charge is 2.38. The molecule has 1 aromatic carbocycles. The number of rotatable bonds is 7. The summed E-state index contributed by atoms with van der Waals surface area (Å²) in [5.74, 6) is 3.17. The molecular weight excluding hydrogens is 360 g/mol. The van der Waals surface area contributed by atoms with E-state index in [0.29, 0.717) is 0 Å². The lowest BCUT2D eigenvalue weighted by atomic mass is 9.64. The van der Waals surface area contributed by atoms with Crippen molar-refractivity contribution in [3.05, 3.63) is 47.5 Å². The van der Waals surface area contributed by atoms with Crippen molar-refractivity contribution in [2.75, 3.05) is 19.6 Å². The van der Waals surface area contributed by atoms with Crippen LogP contribution in [0.4, 0.5) is 0 Å². The quantitative estimate of drug-likeness (QED) is 0.559. The lowest BCUT2D eigenvalue weighted by Gasteiger charge is -2.41. The highest BCUT2D eigenvalue weighted by atomic mass is 15.3. The van der Waals surface area contributed by atoms with Crippen molar-refractivity contribution in [2.45, 2.75) is 70.3 Å². The first kappa shape index (κ1) is 19.9. The average Bonchev–Trinajstić information content (AvgIpc) is 2.94. The van der Waals surface area contributed by atoms with Crippen LogP contribution >= 0.6 is 0 Å². The fourth-order valence-electron chi connectivity index (χ4n) is 4.53. The van der Waals surface area contributed by atoms with E-state index in [1.54, 1.807) is 0 Å². The topological polar surface area (TPSA) is 67.1 Å². The van der Waals surface area contributed by atoms with E-state index in [9.17, 15) is 0 Å². The Kier molecular flexibility index (Phi) is 6.47. The third-order valence-corrected chi connectivity index (χ3v) is 6.41. The molecule has 2 heterocycles. The molecular formula is C23H34N6. The number of nitrogens with zero attached hydrogens (tertiary/aromatic N) is 4. The van der Waals surface area contributed by atoms with Crippen LogP contribution < -0.4 is 10.6 Å². The van der Waals surface area contributed by atoms with Crippen molar-refractivity contribution in [2.24, 2.45) is 4.99 Å². The van der Waals surface area contributed by atoms with Gasteiger partial charge in [0.1, 0.15) is 11.6 Å². The molecule has 0 amide bonds. The molecule has 6 heteroatoms. The summed E-state index contributed by atoms with van der Waals surface area (Å²) in [6, 6.07) is 10.9. The van der Waals surface area contributed by atoms with Gasteiger partial charge in [0, 0.05) is 37.9 Å². The Bertz CT molecular complexity index is 806. The monoisotopic (exact) mass is 394 g/mol. The van der Waals surface area contributed by atoms with Crippen molar-refractivity contribution in [1.29, 1.82) is 0 Å². The molecule has 1 aliphatic carbocycles. The number of aryl methyl sites for hydroxylation is 1. The molecule has 1 aromatic heterocycles. The van der Waals surface area contributed by atoms with E-state index in [2.05, 4.69) is 62.7 Å². The zero-order chi connectivity index (χ0) is 19.9. The Morgan fingerprint density at radius 2 is 1.93 bits per heavy atom. The summed E-state index contributed by atoms with van der Waals surface area (Å²) in [6.07, 6.45) is 9.45. The van der Waals surface area contributed by atoms with Crippen LogP contribution in [0.3, 0.4) is 0 Å². The summed E-state index contributed by atoms with van der Waals surface area (Å²) >= 11 is 0. The molecule has 1 saturated carbocycles. The van der Waals surface area contributed by atoms with Gasteiger partial charge in [-0.1, -0.05) is 43.2 Å². The van der Waals surface area contributed by atoms with Gasteiger partial charge in [0.2, 0.25) is 0 Å². The molecule has 1 aliphatic heterocycles. The number of benzene rings is 1. The molecule has 29 heavy (non-hydrogen) atoms. The minimum absolute atomic E-state index is 0.216. The first-order chi connectivity index (χ1) is 14.3. The molecule has 156 valence electrons. The van der Waals surface area contributed by atoms with Gasteiger partial charge in [-0.3, -0.25) is 4.99 Å². The minimum atomic E-state index is 0.216. The summed E-state index contributed by atoms with van der Waals surface area (Å²) in [4.78, 5) is 4.96. The van der Waals surface area contributed by atoms with Gasteiger partial charge in [-0.15, -0.1) is 10.2 Å². The number of guanidine groups is 1. The summed E-state index contributed by atoms with van der Waals surface area (Å²) in [7, 11) is 0.